The second-order valence-electron chi connectivity index (χ2n) is 8.64. The van der Waals surface area contributed by atoms with E-state index in [0.29, 0.717) is 17.9 Å². The Morgan fingerprint density at radius 3 is 2.46 bits per heavy atom. The van der Waals surface area contributed by atoms with Gasteiger partial charge >= 0.3 is 12.2 Å². The van der Waals surface area contributed by atoms with Crippen LogP contribution < -0.4 is 26.4 Å². The summed E-state index contributed by atoms with van der Waals surface area (Å²) in [6, 6.07) is 5.44. The maximum atomic E-state index is 14.7. The van der Waals surface area contributed by atoms with Crippen molar-refractivity contribution in [2.45, 2.75) is 31.9 Å². The fourth-order valence-corrected chi connectivity index (χ4v) is 3.53. The van der Waals surface area contributed by atoms with Crippen LogP contribution >= 0.6 is 0 Å². The van der Waals surface area contributed by atoms with Crippen LogP contribution in [0.4, 0.5) is 39.4 Å². The summed E-state index contributed by atoms with van der Waals surface area (Å²) < 4.78 is 59.3. The lowest BCUT2D eigenvalue weighted by Gasteiger charge is -2.14. The molecule has 0 heterocycles. The smallest absolute Gasteiger partial charge is 0.416 e. The molecule has 2 aliphatic rings. The van der Waals surface area contributed by atoms with Crippen molar-refractivity contribution >= 4 is 29.0 Å². The van der Waals surface area contributed by atoms with E-state index in [2.05, 4.69) is 16.0 Å². The molecule has 4 rings (SSSR count). The van der Waals surface area contributed by atoms with Crippen molar-refractivity contribution in [3.8, 4) is 5.75 Å². The van der Waals surface area contributed by atoms with Crippen molar-refractivity contribution in [2.24, 2.45) is 5.92 Å². The number of hydrogen-bond donors (Lipinski definition) is 4. The fraction of sp³-hybridized carbons (Fsp3) is 0.231. The molecule has 0 aliphatic heterocycles. The van der Waals surface area contributed by atoms with E-state index in [9.17, 15) is 27.2 Å². The van der Waals surface area contributed by atoms with Crippen LogP contribution in [0.15, 0.2) is 72.2 Å². The van der Waals surface area contributed by atoms with Gasteiger partial charge in [0.25, 0.3) is 0 Å². The molecule has 0 saturated heterocycles. The summed E-state index contributed by atoms with van der Waals surface area (Å²) >= 11 is 0. The average molecular weight is 516 g/mol. The lowest BCUT2D eigenvalue weighted by Crippen LogP contribution is -2.24. The van der Waals surface area contributed by atoms with Gasteiger partial charge < -0.3 is 26.4 Å². The molecule has 0 atom stereocenters. The first-order valence-corrected chi connectivity index (χ1v) is 11.5. The first-order chi connectivity index (χ1) is 17.6. The number of nitrogen functional groups attached to an aromatic ring is 1. The molecule has 5 N–H and O–H groups in total. The fourth-order valence-electron chi connectivity index (χ4n) is 3.53. The minimum atomic E-state index is -4.64. The Kier molecular flexibility index (Phi) is 7.51. The van der Waals surface area contributed by atoms with Gasteiger partial charge in [-0.3, -0.25) is 4.79 Å². The molecule has 0 spiro atoms. The summed E-state index contributed by atoms with van der Waals surface area (Å²) in [7, 11) is 0. The Morgan fingerprint density at radius 1 is 1.00 bits per heavy atom. The van der Waals surface area contributed by atoms with Crippen LogP contribution in [0.3, 0.4) is 0 Å². The monoisotopic (exact) mass is 516 g/mol. The lowest BCUT2D eigenvalue weighted by atomic mass is 10.1. The van der Waals surface area contributed by atoms with Crippen LogP contribution in [-0.2, 0) is 11.0 Å². The van der Waals surface area contributed by atoms with E-state index in [1.54, 1.807) is 18.2 Å². The van der Waals surface area contributed by atoms with Crippen molar-refractivity contribution in [1.29, 1.82) is 0 Å². The van der Waals surface area contributed by atoms with Crippen LogP contribution in [0.5, 0.6) is 5.75 Å². The van der Waals surface area contributed by atoms with Gasteiger partial charge in [-0.1, -0.05) is 12.2 Å². The molecule has 0 radical (unpaired) electrons. The summed E-state index contributed by atoms with van der Waals surface area (Å²) in [6.45, 7) is 0. The van der Waals surface area contributed by atoms with Crippen LogP contribution in [0, 0.1) is 11.7 Å². The Labute approximate surface area is 210 Å². The largest absolute Gasteiger partial charge is 0.454 e. The van der Waals surface area contributed by atoms with Crippen LogP contribution in [0.2, 0.25) is 0 Å². The number of ether oxygens (including phenoxy) is 1. The van der Waals surface area contributed by atoms with Crippen LogP contribution in [0.1, 0.15) is 31.2 Å². The second kappa shape index (κ2) is 10.8. The van der Waals surface area contributed by atoms with Gasteiger partial charge in [-0.2, -0.15) is 13.2 Å². The predicted octanol–water partition coefficient (Wildman–Crippen LogP) is 6.09. The normalized spacial score (nSPS) is 19.2. The van der Waals surface area contributed by atoms with E-state index in [4.69, 9.17) is 10.5 Å². The van der Waals surface area contributed by atoms with Crippen molar-refractivity contribution in [1.82, 2.24) is 5.32 Å². The first-order valence-electron chi connectivity index (χ1n) is 11.5. The van der Waals surface area contributed by atoms with E-state index in [1.165, 1.54) is 18.2 Å². The number of halogens is 4. The van der Waals surface area contributed by atoms with Gasteiger partial charge in [0.1, 0.15) is 5.76 Å². The van der Waals surface area contributed by atoms with Gasteiger partial charge in [0, 0.05) is 40.8 Å². The number of rotatable bonds is 6. The van der Waals surface area contributed by atoms with Gasteiger partial charge in [-0.25, -0.2) is 9.18 Å². The van der Waals surface area contributed by atoms with Crippen molar-refractivity contribution in [3.63, 3.8) is 0 Å². The van der Waals surface area contributed by atoms with Crippen molar-refractivity contribution in [2.75, 3.05) is 16.4 Å². The second-order valence-corrected chi connectivity index (χ2v) is 8.64. The zero-order chi connectivity index (χ0) is 26.6. The van der Waals surface area contributed by atoms with E-state index in [0.717, 1.165) is 37.5 Å². The molecule has 3 amide bonds. The molecule has 1 saturated carbocycles. The third-order valence-corrected chi connectivity index (χ3v) is 5.48. The number of carbonyl (C=O) groups excluding carboxylic acids is 2. The van der Waals surface area contributed by atoms with Gasteiger partial charge in [-0.05, 0) is 62.1 Å². The van der Waals surface area contributed by atoms with Gasteiger partial charge in [0.05, 0.1) is 5.56 Å². The van der Waals surface area contributed by atoms with E-state index in [-0.39, 0.29) is 34.6 Å². The first kappa shape index (κ1) is 25.8. The van der Waals surface area contributed by atoms with Crippen LogP contribution in [0.25, 0.3) is 0 Å². The number of urea groups is 1. The number of benzene rings is 2. The van der Waals surface area contributed by atoms with Crippen LogP contribution in [-0.4, -0.2) is 11.9 Å². The summed E-state index contributed by atoms with van der Waals surface area (Å²) in [6.07, 6.45) is 5.38. The molecule has 2 aromatic carbocycles. The third-order valence-electron chi connectivity index (χ3n) is 5.48. The highest BCUT2D eigenvalue weighted by molar-refractivity contribution is 6.00. The number of nitrogens with one attached hydrogen (secondary N) is 3. The van der Waals surface area contributed by atoms with Gasteiger partial charge in [0.15, 0.2) is 11.6 Å². The van der Waals surface area contributed by atoms with Crippen molar-refractivity contribution in [3.05, 3.63) is 83.5 Å². The van der Waals surface area contributed by atoms with E-state index in [1.807, 2.05) is 6.08 Å². The molecule has 37 heavy (non-hydrogen) atoms. The zero-order valence-electron chi connectivity index (χ0n) is 19.5. The number of amides is 3. The lowest BCUT2D eigenvalue weighted by molar-refractivity contribution is -0.137. The van der Waals surface area contributed by atoms with Gasteiger partial charge in [-0.15, -0.1) is 0 Å². The van der Waals surface area contributed by atoms with Gasteiger partial charge in [0.2, 0.25) is 5.91 Å². The molecular formula is C26H24F4N4O3. The molecule has 194 valence electrons. The maximum Gasteiger partial charge on any atom is 0.416 e. The maximum absolute atomic E-state index is 14.7. The highest BCUT2D eigenvalue weighted by atomic mass is 19.4. The molecule has 0 aromatic heterocycles. The number of hydrogen-bond acceptors (Lipinski definition) is 4. The Morgan fingerprint density at radius 2 is 1.76 bits per heavy atom. The molecule has 2 aliphatic carbocycles. The molecule has 1 fully saturated rings. The predicted molar refractivity (Wildman–Crippen MR) is 131 cm³/mol. The highest BCUT2D eigenvalue weighted by Gasteiger charge is 2.31. The highest BCUT2D eigenvalue weighted by Crippen LogP contribution is 2.33. The quantitative estimate of drug-likeness (QED) is 0.275. The third kappa shape index (κ3) is 7.35. The summed E-state index contributed by atoms with van der Waals surface area (Å²) in [4.78, 5) is 24.4. The molecule has 11 heteroatoms. The zero-order valence-corrected chi connectivity index (χ0v) is 19.5. The number of alkyl halides is 3. The topological polar surface area (TPSA) is 105 Å². The molecule has 0 unspecified atom stereocenters. The SMILES string of the molecule is Nc1cc(NC(=O)Nc2ccc(OC3=C/C=C\CC/C(NC(=O)C4CC4)=C\3)c(F)c2)cc(C(F)(F)F)c1. The molecule has 0 bridgehead atoms. The van der Waals surface area contributed by atoms with Crippen molar-refractivity contribution < 1.29 is 31.9 Å². The van der Waals surface area contributed by atoms with E-state index < -0.39 is 23.6 Å². The number of allylic oxidation sites excluding steroid dienone is 5. The summed E-state index contributed by atoms with van der Waals surface area (Å²) in [5.74, 6) is -0.605. The standard InChI is InChI=1S/C26H24F4N4O3/c27-22-14-19(33-25(36)34-20-11-16(26(28,29)30)10-17(31)12-20)8-9-23(22)37-21-5-3-1-2-4-18(13-21)32-24(35)15-6-7-15/h1,3,5,8-15H,2,4,6-7,31H2,(H,32,35)(H2,33,34,36)/b3-1-,18-13+,21-5+. The Balaban J connectivity index is 1.41. The number of carbonyl (C=O) groups is 2. The number of nitrogens with two attached hydrogens (primary N) is 1. The number of anilines is 3. The average Bonchev–Trinajstić information content (AvgIpc) is 3.63. The molecule has 2 aromatic rings. The molecular weight excluding hydrogens is 492 g/mol. The molecule has 7 nitrogen and oxygen atoms in total. The Hall–Kier alpha value is -4.28. The summed E-state index contributed by atoms with van der Waals surface area (Å²) in [5, 5.41) is 7.49. The Bertz CT molecular complexity index is 1300. The van der Waals surface area contributed by atoms with E-state index >= 15 is 0 Å². The summed E-state index contributed by atoms with van der Waals surface area (Å²) in [5.41, 5.74) is 4.83. The minimum absolute atomic E-state index is 0.0378. The minimum Gasteiger partial charge on any atom is -0.454 e.